The van der Waals surface area contributed by atoms with Gasteiger partial charge in [-0.15, -0.1) is 9.38 Å². The Kier molecular flexibility index (Phi) is 4.19. The molecule has 14 heteroatoms. The molecule has 0 aliphatic carbocycles. The standard InChI is InChI=1S/C11H15N7O6S/c1-13-9(10(12)19)8-5-17(15-14-8)6-2-7-4-16(3-6)11(20)18(7)24-25(21,22)23/h2,5,7,9,13H,3-4H2,1H3,(H2,12,19)(H,21,22,23). The van der Waals surface area contributed by atoms with E-state index in [0.29, 0.717) is 16.5 Å². The zero-order chi connectivity index (χ0) is 18.4. The molecule has 2 bridgehead atoms. The Morgan fingerprint density at radius 1 is 1.56 bits per heavy atom. The second-order valence-corrected chi connectivity index (χ2v) is 6.43. The molecule has 3 heterocycles. The monoisotopic (exact) mass is 373 g/mol. The van der Waals surface area contributed by atoms with Crippen LogP contribution >= 0.6 is 0 Å². The number of likely N-dealkylation sites (N-methyl/N-ethyl adjacent to an activating group) is 1. The predicted molar refractivity (Wildman–Crippen MR) is 80.5 cm³/mol. The van der Waals surface area contributed by atoms with Crippen molar-refractivity contribution in [3.8, 4) is 0 Å². The first-order valence-corrected chi connectivity index (χ1v) is 8.41. The van der Waals surface area contributed by atoms with Gasteiger partial charge in [-0.05, 0) is 13.1 Å². The van der Waals surface area contributed by atoms with E-state index in [-0.39, 0.29) is 13.1 Å². The van der Waals surface area contributed by atoms with E-state index < -0.39 is 34.4 Å². The van der Waals surface area contributed by atoms with Gasteiger partial charge in [0.2, 0.25) is 5.91 Å². The average molecular weight is 373 g/mol. The van der Waals surface area contributed by atoms with Crippen LogP contribution in [0.3, 0.4) is 0 Å². The molecule has 3 amide bonds. The Hall–Kier alpha value is -2.55. The molecule has 1 saturated heterocycles. The Morgan fingerprint density at radius 2 is 2.28 bits per heavy atom. The number of hydrogen-bond donors (Lipinski definition) is 3. The Bertz CT molecular complexity index is 849. The third-order valence-corrected chi connectivity index (χ3v) is 4.10. The lowest BCUT2D eigenvalue weighted by atomic mass is 10.2. The fourth-order valence-corrected chi connectivity index (χ4v) is 3.08. The van der Waals surface area contributed by atoms with Crippen LogP contribution in [0, 0.1) is 0 Å². The summed E-state index contributed by atoms with van der Waals surface area (Å²) in [5.74, 6) is -0.626. The normalized spacial score (nSPS) is 21.4. The Balaban J connectivity index is 1.86. The highest BCUT2D eigenvalue weighted by atomic mass is 32.3. The number of hydrogen-bond acceptors (Lipinski definition) is 8. The van der Waals surface area contributed by atoms with Crippen LogP contribution in [-0.2, 0) is 19.5 Å². The molecule has 1 fully saturated rings. The van der Waals surface area contributed by atoms with Crippen molar-refractivity contribution in [2.24, 2.45) is 5.73 Å². The molecule has 0 spiro atoms. The summed E-state index contributed by atoms with van der Waals surface area (Å²) in [6, 6.07) is -2.27. The fraction of sp³-hybridized carbons (Fsp3) is 0.455. The number of carbonyl (C=O) groups is 2. The van der Waals surface area contributed by atoms with Crippen molar-refractivity contribution in [2.75, 3.05) is 20.1 Å². The average Bonchev–Trinajstić information content (AvgIpc) is 3.07. The smallest absolute Gasteiger partial charge is 0.368 e. The maximum absolute atomic E-state index is 12.1. The summed E-state index contributed by atoms with van der Waals surface area (Å²) in [6.07, 6.45) is 3.03. The van der Waals surface area contributed by atoms with Gasteiger partial charge in [-0.25, -0.2) is 9.48 Å². The van der Waals surface area contributed by atoms with Crippen LogP contribution in [0.4, 0.5) is 4.79 Å². The molecule has 136 valence electrons. The third-order valence-electron chi connectivity index (χ3n) is 3.75. The first kappa shape index (κ1) is 17.3. The van der Waals surface area contributed by atoms with Gasteiger partial charge in [0.05, 0.1) is 18.4 Å². The highest BCUT2D eigenvalue weighted by molar-refractivity contribution is 7.80. The first-order valence-electron chi connectivity index (χ1n) is 7.04. The molecule has 25 heavy (non-hydrogen) atoms. The quantitative estimate of drug-likeness (QED) is 0.464. The lowest BCUT2D eigenvalue weighted by Gasteiger charge is -2.20. The summed E-state index contributed by atoms with van der Waals surface area (Å²) >= 11 is 0. The number of nitrogens with one attached hydrogen (secondary N) is 1. The maximum atomic E-state index is 12.1. The summed E-state index contributed by atoms with van der Waals surface area (Å²) in [4.78, 5) is 24.8. The van der Waals surface area contributed by atoms with Crippen LogP contribution in [-0.4, -0.2) is 76.0 Å². The van der Waals surface area contributed by atoms with E-state index in [0.717, 1.165) is 0 Å². The molecule has 2 aliphatic heterocycles. The van der Waals surface area contributed by atoms with Gasteiger partial charge in [0.15, 0.2) is 0 Å². The number of carbonyl (C=O) groups excluding carboxylic acids is 2. The number of nitrogens with zero attached hydrogens (tertiary/aromatic N) is 5. The molecule has 1 aromatic heterocycles. The number of aromatic nitrogens is 3. The largest absolute Gasteiger partial charge is 0.418 e. The molecule has 3 rings (SSSR count). The minimum atomic E-state index is -4.83. The molecule has 1 aromatic rings. The number of amides is 3. The van der Waals surface area contributed by atoms with Crippen LogP contribution in [0.2, 0.25) is 0 Å². The maximum Gasteiger partial charge on any atom is 0.418 e. The third kappa shape index (κ3) is 3.32. The zero-order valence-corrected chi connectivity index (χ0v) is 13.8. The topological polar surface area (TPSA) is 173 Å². The van der Waals surface area contributed by atoms with Crippen molar-refractivity contribution in [1.29, 1.82) is 0 Å². The molecular formula is C11H15N7O6S. The highest BCUT2D eigenvalue weighted by Gasteiger charge is 2.43. The molecule has 2 atom stereocenters. The summed E-state index contributed by atoms with van der Waals surface area (Å²) in [5.41, 5.74) is 6.08. The van der Waals surface area contributed by atoms with E-state index in [1.807, 2.05) is 0 Å². The second kappa shape index (κ2) is 6.07. The number of fused-ring (bicyclic) bond motifs is 2. The van der Waals surface area contributed by atoms with Crippen molar-refractivity contribution in [1.82, 2.24) is 30.3 Å². The number of urea groups is 1. The van der Waals surface area contributed by atoms with Gasteiger partial charge in [0.25, 0.3) is 0 Å². The Labute approximate surface area is 141 Å². The van der Waals surface area contributed by atoms with Gasteiger partial charge in [0.1, 0.15) is 17.8 Å². The van der Waals surface area contributed by atoms with Crippen LogP contribution < -0.4 is 11.1 Å². The van der Waals surface area contributed by atoms with Crippen molar-refractivity contribution in [3.05, 3.63) is 18.0 Å². The molecule has 4 N–H and O–H groups in total. The lowest BCUT2D eigenvalue weighted by Crippen LogP contribution is -2.35. The van der Waals surface area contributed by atoms with E-state index >= 15 is 0 Å². The Morgan fingerprint density at radius 3 is 2.88 bits per heavy atom. The summed E-state index contributed by atoms with van der Waals surface area (Å²) < 4.78 is 36.2. The van der Waals surface area contributed by atoms with Crippen molar-refractivity contribution >= 4 is 28.0 Å². The van der Waals surface area contributed by atoms with Crippen molar-refractivity contribution in [3.63, 3.8) is 0 Å². The molecule has 13 nitrogen and oxygen atoms in total. The summed E-state index contributed by atoms with van der Waals surface area (Å²) in [6.45, 7) is 0.310. The van der Waals surface area contributed by atoms with E-state index in [2.05, 4.69) is 19.9 Å². The first-order chi connectivity index (χ1) is 11.7. The molecule has 0 aromatic carbocycles. The van der Waals surface area contributed by atoms with E-state index in [1.54, 1.807) is 13.1 Å². The summed E-state index contributed by atoms with van der Waals surface area (Å²) in [5, 5.41) is 11.1. The molecule has 2 unspecified atom stereocenters. The predicted octanol–water partition coefficient (Wildman–Crippen LogP) is -2.28. The lowest BCUT2D eigenvalue weighted by molar-refractivity contribution is -0.120. The molecule has 0 radical (unpaired) electrons. The van der Waals surface area contributed by atoms with Gasteiger partial charge in [-0.3, -0.25) is 9.35 Å². The van der Waals surface area contributed by atoms with Gasteiger partial charge in [0, 0.05) is 6.54 Å². The van der Waals surface area contributed by atoms with Gasteiger partial charge < -0.3 is 16.0 Å². The molecule has 2 aliphatic rings. The van der Waals surface area contributed by atoms with E-state index in [1.165, 1.54) is 15.8 Å². The second-order valence-electron chi connectivity index (χ2n) is 5.43. The number of rotatable bonds is 6. The van der Waals surface area contributed by atoms with E-state index in [4.69, 9.17) is 10.3 Å². The van der Waals surface area contributed by atoms with Gasteiger partial charge >= 0.3 is 16.4 Å². The fourth-order valence-electron chi connectivity index (χ4n) is 2.70. The van der Waals surface area contributed by atoms with Gasteiger partial charge in [-0.2, -0.15) is 13.5 Å². The summed E-state index contributed by atoms with van der Waals surface area (Å²) in [7, 11) is -3.28. The van der Waals surface area contributed by atoms with Crippen molar-refractivity contribution in [2.45, 2.75) is 12.1 Å². The number of primary amides is 1. The number of nitrogens with two attached hydrogens (primary N) is 1. The SMILES string of the molecule is CNC(C(N)=O)c1cn(C2=CC3CN(C2)C(=O)N3OS(=O)(=O)O)nn1. The molecule has 0 saturated carbocycles. The van der Waals surface area contributed by atoms with Crippen LogP contribution in [0.5, 0.6) is 0 Å². The zero-order valence-electron chi connectivity index (χ0n) is 12.9. The minimum absolute atomic E-state index is 0.115. The van der Waals surface area contributed by atoms with Crippen molar-refractivity contribution < 1.29 is 26.8 Å². The number of hydroxylamine groups is 2. The van der Waals surface area contributed by atoms with Crippen LogP contribution in [0.25, 0.3) is 5.70 Å². The van der Waals surface area contributed by atoms with Crippen LogP contribution in [0.15, 0.2) is 12.3 Å². The van der Waals surface area contributed by atoms with E-state index in [9.17, 15) is 18.0 Å². The van der Waals surface area contributed by atoms with Crippen LogP contribution in [0.1, 0.15) is 11.7 Å². The minimum Gasteiger partial charge on any atom is -0.368 e. The van der Waals surface area contributed by atoms with Gasteiger partial charge in [-0.1, -0.05) is 5.21 Å². The highest BCUT2D eigenvalue weighted by Crippen LogP contribution is 2.27. The molecular weight excluding hydrogens is 358 g/mol.